The smallest absolute Gasteiger partial charge is 0.336 e. The molecule has 0 spiro atoms. The highest BCUT2D eigenvalue weighted by Gasteiger charge is 2.14. The molecule has 1 aromatic carbocycles. The number of carboxylic acids is 1. The second kappa shape index (κ2) is 6.90. The Morgan fingerprint density at radius 3 is 2.44 bits per heavy atom. The summed E-state index contributed by atoms with van der Waals surface area (Å²) in [5, 5.41) is 11.6. The fourth-order valence-electron chi connectivity index (χ4n) is 1.44. The van der Waals surface area contributed by atoms with E-state index in [0.29, 0.717) is 18.7 Å². The summed E-state index contributed by atoms with van der Waals surface area (Å²) in [5.74, 6) is -1.04. The molecule has 0 radical (unpaired) electrons. The average Bonchev–Trinajstić information content (AvgIpc) is 2.34. The minimum absolute atomic E-state index is 0.0194. The molecule has 98 valence electrons. The molecule has 1 amide bonds. The van der Waals surface area contributed by atoms with Gasteiger partial charge < -0.3 is 10.4 Å². The lowest BCUT2D eigenvalue weighted by atomic mass is 10.1. The quantitative estimate of drug-likeness (QED) is 0.751. The maximum atomic E-state index is 11.8. The first kappa shape index (κ1) is 14.4. The Labute approximate surface area is 108 Å². The maximum absolute atomic E-state index is 11.8. The third-order valence-electron chi connectivity index (χ3n) is 2.30. The van der Waals surface area contributed by atoms with E-state index in [2.05, 4.69) is 5.32 Å². The first-order chi connectivity index (χ1) is 8.52. The van der Waals surface area contributed by atoms with E-state index in [1.165, 1.54) is 12.1 Å². The Morgan fingerprint density at radius 1 is 1.28 bits per heavy atom. The lowest BCUT2D eigenvalue weighted by molar-refractivity contribution is 0.0691. The van der Waals surface area contributed by atoms with Crippen molar-refractivity contribution in [2.75, 3.05) is 18.6 Å². The number of benzene rings is 1. The molecule has 1 rings (SSSR count). The second-order valence-electron chi connectivity index (χ2n) is 3.74. The lowest BCUT2D eigenvalue weighted by Crippen LogP contribution is -2.27. The topological polar surface area (TPSA) is 83.5 Å². The van der Waals surface area contributed by atoms with Crippen molar-refractivity contribution in [2.45, 2.75) is 6.42 Å². The number of amides is 1. The van der Waals surface area contributed by atoms with E-state index < -0.39 is 22.7 Å². The van der Waals surface area contributed by atoms with Crippen LogP contribution in [0.25, 0.3) is 0 Å². The summed E-state index contributed by atoms with van der Waals surface area (Å²) in [6.07, 6.45) is 2.20. The number of carbonyl (C=O) groups is 2. The van der Waals surface area contributed by atoms with Crippen LogP contribution in [-0.4, -0.2) is 39.7 Å². The van der Waals surface area contributed by atoms with Gasteiger partial charge >= 0.3 is 5.97 Å². The van der Waals surface area contributed by atoms with Crippen LogP contribution in [0.1, 0.15) is 27.1 Å². The van der Waals surface area contributed by atoms with Crippen LogP contribution < -0.4 is 5.32 Å². The van der Waals surface area contributed by atoms with Crippen LogP contribution in [0.4, 0.5) is 0 Å². The van der Waals surface area contributed by atoms with E-state index in [0.717, 1.165) is 0 Å². The fraction of sp³-hybridized carbons (Fsp3) is 0.333. The van der Waals surface area contributed by atoms with E-state index >= 15 is 0 Å². The zero-order valence-electron chi connectivity index (χ0n) is 10.0. The third-order valence-corrected chi connectivity index (χ3v) is 3.16. The van der Waals surface area contributed by atoms with E-state index in [1.807, 2.05) is 0 Å². The molecular weight excluding hydrogens is 254 g/mol. The number of aromatic carboxylic acids is 1. The van der Waals surface area contributed by atoms with E-state index in [1.54, 1.807) is 18.4 Å². The third kappa shape index (κ3) is 4.29. The minimum Gasteiger partial charge on any atom is -0.478 e. The predicted octanol–water partition coefficient (Wildman–Crippen LogP) is 0.883. The van der Waals surface area contributed by atoms with Crippen LogP contribution in [0.5, 0.6) is 0 Å². The summed E-state index contributed by atoms with van der Waals surface area (Å²) in [7, 11) is -0.882. The van der Waals surface area contributed by atoms with Crippen molar-refractivity contribution in [3.05, 3.63) is 35.4 Å². The van der Waals surface area contributed by atoms with Crippen molar-refractivity contribution in [2.24, 2.45) is 0 Å². The van der Waals surface area contributed by atoms with Crippen LogP contribution in [0.2, 0.25) is 0 Å². The van der Waals surface area contributed by atoms with E-state index in [9.17, 15) is 13.8 Å². The molecule has 1 atom stereocenters. The standard InChI is InChI=1S/C12H15NO4S/c1-18(17)8-4-7-13-11(14)9-5-2-3-6-10(9)12(15)16/h2-3,5-6H,4,7-8H2,1H3,(H,13,14)(H,15,16). The number of rotatable bonds is 6. The SMILES string of the molecule is CS(=O)CCCNC(=O)c1ccccc1C(=O)O. The van der Waals surface area contributed by atoms with Gasteiger partial charge in [0.2, 0.25) is 0 Å². The summed E-state index contributed by atoms with van der Waals surface area (Å²) >= 11 is 0. The highest BCUT2D eigenvalue weighted by Crippen LogP contribution is 2.08. The van der Waals surface area contributed by atoms with Gasteiger partial charge in [-0.15, -0.1) is 0 Å². The summed E-state index contributed by atoms with van der Waals surface area (Å²) in [5.41, 5.74) is 0.122. The number of hydrogen-bond donors (Lipinski definition) is 2. The van der Waals surface area contributed by atoms with Gasteiger partial charge in [-0.3, -0.25) is 9.00 Å². The highest BCUT2D eigenvalue weighted by atomic mass is 32.2. The largest absolute Gasteiger partial charge is 0.478 e. The molecular formula is C12H15NO4S. The summed E-state index contributed by atoms with van der Waals surface area (Å²) in [4.78, 5) is 22.7. The molecule has 0 fully saturated rings. The van der Waals surface area contributed by atoms with Crippen LogP contribution in [0.3, 0.4) is 0 Å². The summed E-state index contributed by atoms with van der Waals surface area (Å²) in [6, 6.07) is 6.04. The Bertz CT molecular complexity index is 473. The van der Waals surface area contributed by atoms with E-state index in [4.69, 9.17) is 5.11 Å². The van der Waals surface area contributed by atoms with Gasteiger partial charge in [-0.2, -0.15) is 0 Å². The zero-order chi connectivity index (χ0) is 13.5. The van der Waals surface area contributed by atoms with Gasteiger partial charge in [-0.05, 0) is 18.6 Å². The lowest BCUT2D eigenvalue weighted by Gasteiger charge is -2.07. The van der Waals surface area contributed by atoms with Crippen LogP contribution in [0.15, 0.2) is 24.3 Å². The molecule has 0 bridgehead atoms. The Balaban J connectivity index is 2.61. The molecule has 0 aliphatic rings. The predicted molar refractivity (Wildman–Crippen MR) is 69.3 cm³/mol. The van der Waals surface area contributed by atoms with Crippen LogP contribution in [0, 0.1) is 0 Å². The van der Waals surface area contributed by atoms with Gasteiger partial charge in [0.25, 0.3) is 5.91 Å². The molecule has 1 unspecified atom stereocenters. The van der Waals surface area contributed by atoms with Crippen molar-refractivity contribution >= 4 is 22.7 Å². The highest BCUT2D eigenvalue weighted by molar-refractivity contribution is 7.84. The van der Waals surface area contributed by atoms with Gasteiger partial charge in [0.15, 0.2) is 0 Å². The first-order valence-electron chi connectivity index (χ1n) is 5.43. The molecule has 0 heterocycles. The summed E-state index contributed by atoms with van der Waals surface area (Å²) in [6.45, 7) is 0.381. The molecule has 0 aromatic heterocycles. The van der Waals surface area contributed by atoms with Crippen molar-refractivity contribution in [3.63, 3.8) is 0 Å². The monoisotopic (exact) mass is 269 g/mol. The van der Waals surface area contributed by atoms with Crippen molar-refractivity contribution in [1.29, 1.82) is 0 Å². The number of carboxylic acid groups (broad SMARTS) is 1. The summed E-state index contributed by atoms with van der Waals surface area (Å²) < 4.78 is 10.8. The van der Waals surface area contributed by atoms with Gasteiger partial charge in [-0.1, -0.05) is 12.1 Å². The average molecular weight is 269 g/mol. The second-order valence-corrected chi connectivity index (χ2v) is 5.29. The number of carbonyl (C=O) groups excluding carboxylic acids is 1. The van der Waals surface area contributed by atoms with Crippen molar-refractivity contribution in [3.8, 4) is 0 Å². The number of hydrogen-bond acceptors (Lipinski definition) is 3. The molecule has 6 heteroatoms. The molecule has 0 saturated carbocycles. The van der Waals surface area contributed by atoms with E-state index in [-0.39, 0.29) is 11.1 Å². The molecule has 0 saturated heterocycles. The van der Waals surface area contributed by atoms with Crippen LogP contribution in [-0.2, 0) is 10.8 Å². The Kier molecular flexibility index (Phi) is 5.51. The number of nitrogens with one attached hydrogen (secondary N) is 1. The van der Waals surface area contributed by atoms with Gasteiger partial charge in [0.1, 0.15) is 0 Å². The van der Waals surface area contributed by atoms with Gasteiger partial charge in [0, 0.05) is 29.4 Å². The molecule has 5 nitrogen and oxygen atoms in total. The van der Waals surface area contributed by atoms with Gasteiger partial charge in [0.05, 0.1) is 11.1 Å². The Hall–Kier alpha value is -1.69. The Morgan fingerprint density at radius 2 is 1.89 bits per heavy atom. The maximum Gasteiger partial charge on any atom is 0.336 e. The van der Waals surface area contributed by atoms with Crippen LogP contribution >= 0.6 is 0 Å². The van der Waals surface area contributed by atoms with Crippen molar-refractivity contribution in [1.82, 2.24) is 5.32 Å². The molecule has 1 aromatic rings. The minimum atomic E-state index is -1.13. The molecule has 18 heavy (non-hydrogen) atoms. The van der Waals surface area contributed by atoms with Gasteiger partial charge in [-0.25, -0.2) is 4.79 Å². The normalized spacial score (nSPS) is 11.8. The van der Waals surface area contributed by atoms with Crippen molar-refractivity contribution < 1.29 is 18.9 Å². The molecule has 2 N–H and O–H groups in total. The molecule has 0 aliphatic carbocycles. The fourth-order valence-corrected chi connectivity index (χ4v) is 1.99. The first-order valence-corrected chi connectivity index (χ1v) is 7.15. The zero-order valence-corrected chi connectivity index (χ0v) is 10.8. The molecule has 0 aliphatic heterocycles.